The quantitative estimate of drug-likeness (QED) is 0.597. The van der Waals surface area contributed by atoms with Crippen molar-refractivity contribution >= 4 is 28.6 Å². The minimum atomic E-state index is -0.956. The third-order valence-corrected chi connectivity index (χ3v) is 3.98. The molecule has 2 aromatic carbocycles. The van der Waals surface area contributed by atoms with E-state index >= 15 is 0 Å². The number of imide groups is 1. The van der Waals surface area contributed by atoms with Gasteiger partial charge >= 0.3 is 5.97 Å². The molecule has 22 heavy (non-hydrogen) atoms. The van der Waals surface area contributed by atoms with Gasteiger partial charge in [0.1, 0.15) is 0 Å². The third kappa shape index (κ3) is 1.62. The van der Waals surface area contributed by atoms with E-state index in [4.69, 9.17) is 4.74 Å². The van der Waals surface area contributed by atoms with Crippen molar-refractivity contribution < 1.29 is 19.1 Å². The molecule has 0 aromatic heterocycles. The van der Waals surface area contributed by atoms with Gasteiger partial charge < -0.3 is 4.74 Å². The molecule has 2 aliphatic heterocycles. The normalized spacial score (nSPS) is 20.4. The number of fused-ring (bicyclic) bond motifs is 2. The van der Waals surface area contributed by atoms with Crippen LogP contribution in [0.25, 0.3) is 10.8 Å². The molecule has 108 valence electrons. The Bertz CT molecular complexity index is 842. The molecule has 2 amide bonds. The summed E-state index contributed by atoms with van der Waals surface area (Å²) in [6.45, 7) is 1.59. The van der Waals surface area contributed by atoms with Crippen molar-refractivity contribution in [2.45, 2.75) is 13.2 Å². The fourth-order valence-electron chi connectivity index (χ4n) is 2.82. The molecular formula is C17H11NO4. The van der Waals surface area contributed by atoms with Gasteiger partial charge in [-0.3, -0.25) is 9.59 Å². The maximum absolute atomic E-state index is 12.5. The molecule has 2 aliphatic rings. The Morgan fingerprint density at radius 1 is 0.955 bits per heavy atom. The lowest BCUT2D eigenvalue weighted by Gasteiger charge is -2.19. The number of rotatable bonds is 1. The molecule has 2 heterocycles. The summed E-state index contributed by atoms with van der Waals surface area (Å²) in [6, 6.07) is 10.9. The molecule has 0 radical (unpaired) electrons. The minimum absolute atomic E-state index is 0.345. The molecule has 0 N–H and O–H groups in total. The molecule has 0 aliphatic carbocycles. The fraction of sp³-hybridized carbons (Fsp3) is 0.118. The number of hydrogen-bond acceptors (Lipinski definition) is 4. The fourth-order valence-corrected chi connectivity index (χ4v) is 2.82. The van der Waals surface area contributed by atoms with Crippen LogP contribution in [0.4, 0.5) is 0 Å². The number of esters is 1. The van der Waals surface area contributed by atoms with Crippen LogP contribution in [0.3, 0.4) is 0 Å². The SMILES string of the molecule is CC1=CC(N2C(=O)c3cc4ccccc4cc3C2=O)OC1=O. The van der Waals surface area contributed by atoms with E-state index in [-0.39, 0.29) is 0 Å². The summed E-state index contributed by atoms with van der Waals surface area (Å²) in [5.74, 6) is -1.38. The number of hydrogen-bond donors (Lipinski definition) is 0. The summed E-state index contributed by atoms with van der Waals surface area (Å²) in [4.78, 5) is 37.5. The van der Waals surface area contributed by atoms with Gasteiger partial charge in [0.25, 0.3) is 11.8 Å². The van der Waals surface area contributed by atoms with Crippen LogP contribution in [0.15, 0.2) is 48.0 Å². The van der Waals surface area contributed by atoms with Crippen molar-refractivity contribution in [1.29, 1.82) is 0 Å². The first-order valence-electron chi connectivity index (χ1n) is 6.86. The smallest absolute Gasteiger partial charge is 0.335 e. The number of ether oxygens (including phenoxy) is 1. The van der Waals surface area contributed by atoms with E-state index in [0.717, 1.165) is 15.7 Å². The largest absolute Gasteiger partial charge is 0.434 e. The van der Waals surface area contributed by atoms with Crippen LogP contribution < -0.4 is 0 Å². The monoisotopic (exact) mass is 293 g/mol. The average molecular weight is 293 g/mol. The predicted octanol–water partition coefficient (Wildman–Crippen LogP) is 2.26. The lowest BCUT2D eigenvalue weighted by Crippen LogP contribution is -2.39. The van der Waals surface area contributed by atoms with Gasteiger partial charge in [0.15, 0.2) is 0 Å². The van der Waals surface area contributed by atoms with Crippen molar-refractivity contribution in [3.63, 3.8) is 0 Å². The summed E-state index contributed by atoms with van der Waals surface area (Å²) in [7, 11) is 0. The number of amides is 2. The molecule has 0 spiro atoms. The molecule has 4 rings (SSSR count). The first kappa shape index (κ1) is 12.8. The van der Waals surface area contributed by atoms with Crippen molar-refractivity contribution in [2.75, 3.05) is 0 Å². The van der Waals surface area contributed by atoms with Crippen molar-refractivity contribution in [3.8, 4) is 0 Å². The van der Waals surface area contributed by atoms with Gasteiger partial charge in [-0.25, -0.2) is 9.69 Å². The second-order valence-electron chi connectivity index (χ2n) is 5.37. The highest BCUT2D eigenvalue weighted by Crippen LogP contribution is 2.31. The molecule has 5 nitrogen and oxygen atoms in total. The van der Waals surface area contributed by atoms with Crippen LogP contribution in [-0.4, -0.2) is 28.9 Å². The molecule has 0 saturated carbocycles. The van der Waals surface area contributed by atoms with E-state index in [2.05, 4.69) is 0 Å². The highest BCUT2D eigenvalue weighted by Gasteiger charge is 2.43. The van der Waals surface area contributed by atoms with E-state index in [9.17, 15) is 14.4 Å². The molecule has 2 aromatic rings. The molecule has 1 atom stereocenters. The first-order valence-corrected chi connectivity index (χ1v) is 6.86. The van der Waals surface area contributed by atoms with E-state index in [1.807, 2.05) is 24.3 Å². The highest BCUT2D eigenvalue weighted by molar-refractivity contribution is 6.23. The molecule has 0 saturated heterocycles. The zero-order valence-corrected chi connectivity index (χ0v) is 11.7. The molecule has 5 heteroatoms. The van der Waals surface area contributed by atoms with Gasteiger partial charge in [0.05, 0.1) is 11.1 Å². The summed E-state index contributed by atoms with van der Waals surface area (Å²) in [6.07, 6.45) is 0.534. The van der Waals surface area contributed by atoms with Gasteiger partial charge in [0, 0.05) is 5.57 Å². The Morgan fingerprint density at radius 2 is 1.50 bits per heavy atom. The molecule has 0 fully saturated rings. The minimum Gasteiger partial charge on any atom is -0.434 e. The summed E-state index contributed by atoms with van der Waals surface area (Å²) in [5.41, 5.74) is 1.09. The van der Waals surface area contributed by atoms with Gasteiger partial charge in [-0.2, -0.15) is 0 Å². The predicted molar refractivity (Wildman–Crippen MR) is 78.1 cm³/mol. The van der Waals surface area contributed by atoms with Crippen LogP contribution in [0.2, 0.25) is 0 Å². The van der Waals surface area contributed by atoms with Crippen molar-refractivity contribution in [3.05, 3.63) is 59.2 Å². The zero-order valence-electron chi connectivity index (χ0n) is 11.7. The number of nitrogens with zero attached hydrogens (tertiary/aromatic N) is 1. The Hall–Kier alpha value is -2.95. The van der Waals surface area contributed by atoms with E-state index in [0.29, 0.717) is 16.7 Å². The number of benzene rings is 2. The highest BCUT2D eigenvalue weighted by atomic mass is 16.6. The van der Waals surface area contributed by atoms with Crippen LogP contribution in [0.1, 0.15) is 27.6 Å². The average Bonchev–Trinajstić information content (AvgIpc) is 2.95. The lowest BCUT2D eigenvalue weighted by molar-refractivity contribution is -0.143. The zero-order chi connectivity index (χ0) is 15.4. The van der Waals surface area contributed by atoms with Crippen LogP contribution in [0, 0.1) is 0 Å². The summed E-state index contributed by atoms with van der Waals surface area (Å²) >= 11 is 0. The summed E-state index contributed by atoms with van der Waals surface area (Å²) < 4.78 is 5.08. The van der Waals surface area contributed by atoms with E-state index in [1.54, 1.807) is 19.1 Å². The van der Waals surface area contributed by atoms with Crippen molar-refractivity contribution in [2.24, 2.45) is 0 Å². The van der Waals surface area contributed by atoms with Gasteiger partial charge in [-0.15, -0.1) is 0 Å². The molecular weight excluding hydrogens is 282 g/mol. The standard InChI is InChI=1S/C17H11NO4/c1-9-6-14(22-17(9)21)18-15(19)12-7-10-4-2-3-5-11(10)8-13(12)16(18)20/h2-8,14H,1H3. The third-order valence-electron chi connectivity index (χ3n) is 3.98. The van der Waals surface area contributed by atoms with Gasteiger partial charge in [0.2, 0.25) is 6.23 Å². The van der Waals surface area contributed by atoms with Crippen molar-refractivity contribution in [1.82, 2.24) is 4.90 Å². The molecule has 1 unspecified atom stereocenters. The number of cyclic esters (lactones) is 1. The second-order valence-corrected chi connectivity index (χ2v) is 5.37. The van der Waals surface area contributed by atoms with E-state index in [1.165, 1.54) is 6.08 Å². The van der Waals surface area contributed by atoms with Crippen LogP contribution in [0.5, 0.6) is 0 Å². The Balaban J connectivity index is 1.83. The lowest BCUT2D eigenvalue weighted by atomic mass is 10.0. The Labute approximate surface area is 125 Å². The van der Waals surface area contributed by atoms with Crippen LogP contribution in [-0.2, 0) is 9.53 Å². The molecule has 0 bridgehead atoms. The number of carbonyl (C=O) groups is 3. The number of carbonyl (C=O) groups excluding carboxylic acids is 3. The Kier molecular flexibility index (Phi) is 2.48. The van der Waals surface area contributed by atoms with Gasteiger partial charge in [-0.1, -0.05) is 24.3 Å². The second kappa shape index (κ2) is 4.27. The Morgan fingerprint density at radius 3 is 1.95 bits per heavy atom. The maximum Gasteiger partial charge on any atom is 0.335 e. The maximum atomic E-state index is 12.5. The van der Waals surface area contributed by atoms with E-state index < -0.39 is 24.0 Å². The van der Waals surface area contributed by atoms with Crippen LogP contribution >= 0.6 is 0 Å². The van der Waals surface area contributed by atoms with Gasteiger partial charge in [-0.05, 0) is 35.9 Å². The first-order chi connectivity index (χ1) is 10.6. The summed E-state index contributed by atoms with van der Waals surface area (Å²) in [5, 5.41) is 1.78. The topological polar surface area (TPSA) is 63.7 Å².